The molecule has 1 aromatic heterocycles. The fraction of sp³-hybridized carbons (Fsp3) is 0.385. The molecule has 0 amide bonds. The van der Waals surface area contributed by atoms with Gasteiger partial charge in [0, 0.05) is 0 Å². The van der Waals surface area contributed by atoms with Crippen molar-refractivity contribution in [3.63, 3.8) is 0 Å². The summed E-state index contributed by atoms with van der Waals surface area (Å²) >= 11 is 0. The summed E-state index contributed by atoms with van der Waals surface area (Å²) < 4.78 is 11.1. The van der Waals surface area contributed by atoms with Crippen LogP contribution in [0.3, 0.4) is 0 Å². The van der Waals surface area contributed by atoms with Crippen molar-refractivity contribution in [2.75, 3.05) is 13.2 Å². The largest absolute Gasteiger partial charge is 0.486 e. The average Bonchev–Trinajstić information content (AvgIpc) is 2.91. The van der Waals surface area contributed by atoms with Gasteiger partial charge in [-0.15, -0.1) is 0 Å². The van der Waals surface area contributed by atoms with Crippen molar-refractivity contribution in [2.24, 2.45) is 0 Å². The normalized spacial score (nSPS) is 15.4. The van der Waals surface area contributed by atoms with Gasteiger partial charge < -0.3 is 9.47 Å². The van der Waals surface area contributed by atoms with Crippen LogP contribution in [0.1, 0.15) is 24.1 Å². The highest BCUT2D eigenvalue weighted by molar-refractivity contribution is 5.44. The van der Waals surface area contributed by atoms with Gasteiger partial charge >= 0.3 is 0 Å². The lowest BCUT2D eigenvalue weighted by Crippen LogP contribution is -2.15. The standard InChI is InChI=1S/C13H15N3O2/c1-9(6-11-8-14-16-15-11)10-2-3-12-13(7-10)18-5-4-17-12/h2-3,7-9H,4-6H2,1H3,(H,14,15,16). The summed E-state index contributed by atoms with van der Waals surface area (Å²) in [6, 6.07) is 6.11. The number of nitrogens with zero attached hydrogens (tertiary/aromatic N) is 2. The lowest BCUT2D eigenvalue weighted by molar-refractivity contribution is 0.171. The molecule has 0 radical (unpaired) electrons. The Morgan fingerprint density at radius 3 is 2.89 bits per heavy atom. The molecule has 94 valence electrons. The van der Waals surface area contributed by atoms with Gasteiger partial charge in [0.2, 0.25) is 0 Å². The lowest BCUT2D eigenvalue weighted by Gasteiger charge is -2.20. The van der Waals surface area contributed by atoms with E-state index >= 15 is 0 Å². The molecule has 0 saturated carbocycles. The zero-order chi connectivity index (χ0) is 12.4. The Morgan fingerprint density at radius 1 is 1.28 bits per heavy atom. The zero-order valence-corrected chi connectivity index (χ0v) is 10.2. The van der Waals surface area contributed by atoms with Gasteiger partial charge in [-0.3, -0.25) is 0 Å². The molecule has 1 unspecified atom stereocenters. The van der Waals surface area contributed by atoms with Crippen LogP contribution >= 0.6 is 0 Å². The Balaban J connectivity index is 1.79. The molecule has 3 rings (SSSR count). The first kappa shape index (κ1) is 11.1. The van der Waals surface area contributed by atoms with Crippen LogP contribution in [0.25, 0.3) is 0 Å². The van der Waals surface area contributed by atoms with Crippen LogP contribution in [0.2, 0.25) is 0 Å². The van der Waals surface area contributed by atoms with Crippen molar-refractivity contribution >= 4 is 0 Å². The number of rotatable bonds is 3. The molecule has 18 heavy (non-hydrogen) atoms. The van der Waals surface area contributed by atoms with Gasteiger partial charge in [-0.05, 0) is 30.0 Å². The Morgan fingerprint density at radius 2 is 2.11 bits per heavy atom. The summed E-state index contributed by atoms with van der Waals surface area (Å²) in [5.74, 6) is 2.04. The molecular formula is C13H15N3O2. The third-order valence-corrected chi connectivity index (χ3v) is 3.12. The molecule has 0 aliphatic carbocycles. The van der Waals surface area contributed by atoms with Crippen molar-refractivity contribution in [3.8, 4) is 11.5 Å². The second kappa shape index (κ2) is 4.68. The predicted octanol–water partition coefficient (Wildman–Crippen LogP) is 1.92. The molecule has 1 N–H and O–H groups in total. The van der Waals surface area contributed by atoms with Gasteiger partial charge in [-0.1, -0.05) is 13.0 Å². The van der Waals surface area contributed by atoms with Crippen molar-refractivity contribution in [1.29, 1.82) is 0 Å². The van der Waals surface area contributed by atoms with Crippen molar-refractivity contribution in [3.05, 3.63) is 35.7 Å². The minimum atomic E-state index is 0.367. The van der Waals surface area contributed by atoms with E-state index in [0.29, 0.717) is 19.1 Å². The summed E-state index contributed by atoms with van der Waals surface area (Å²) in [6.45, 7) is 3.41. The maximum Gasteiger partial charge on any atom is 0.161 e. The second-order valence-electron chi connectivity index (χ2n) is 4.47. The maximum absolute atomic E-state index is 5.59. The highest BCUT2D eigenvalue weighted by Crippen LogP contribution is 2.33. The van der Waals surface area contributed by atoms with Gasteiger partial charge in [0.15, 0.2) is 11.5 Å². The molecule has 2 heterocycles. The van der Waals surface area contributed by atoms with E-state index in [1.165, 1.54) is 5.56 Å². The molecule has 0 spiro atoms. The van der Waals surface area contributed by atoms with E-state index in [-0.39, 0.29) is 0 Å². The summed E-state index contributed by atoms with van der Waals surface area (Å²) in [4.78, 5) is 0. The number of ether oxygens (including phenoxy) is 2. The molecule has 0 fully saturated rings. The lowest BCUT2D eigenvalue weighted by atomic mass is 9.96. The summed E-state index contributed by atoms with van der Waals surface area (Å²) in [5.41, 5.74) is 2.19. The minimum Gasteiger partial charge on any atom is -0.486 e. The van der Waals surface area contributed by atoms with Crippen LogP contribution in [0, 0.1) is 0 Å². The van der Waals surface area contributed by atoms with E-state index < -0.39 is 0 Å². The molecule has 1 aliphatic rings. The van der Waals surface area contributed by atoms with E-state index in [9.17, 15) is 0 Å². The monoisotopic (exact) mass is 245 g/mol. The van der Waals surface area contributed by atoms with E-state index in [2.05, 4.69) is 34.5 Å². The Hall–Kier alpha value is -2.04. The quantitative estimate of drug-likeness (QED) is 0.897. The number of hydrogen-bond acceptors (Lipinski definition) is 4. The van der Waals surface area contributed by atoms with Crippen LogP contribution in [0.5, 0.6) is 11.5 Å². The number of H-pyrrole nitrogens is 1. The number of aromatic nitrogens is 3. The summed E-state index contributed by atoms with van der Waals surface area (Å²) in [7, 11) is 0. The van der Waals surface area contributed by atoms with E-state index in [1.54, 1.807) is 6.20 Å². The highest BCUT2D eigenvalue weighted by Gasteiger charge is 2.15. The Kier molecular flexibility index (Phi) is 2.88. The summed E-state index contributed by atoms with van der Waals surface area (Å²) in [6.07, 6.45) is 2.62. The van der Waals surface area contributed by atoms with E-state index in [0.717, 1.165) is 23.6 Å². The van der Waals surface area contributed by atoms with E-state index in [1.807, 2.05) is 6.07 Å². The zero-order valence-electron chi connectivity index (χ0n) is 10.2. The van der Waals surface area contributed by atoms with Crippen LogP contribution in [-0.4, -0.2) is 28.6 Å². The molecule has 1 atom stereocenters. The molecule has 5 heteroatoms. The third-order valence-electron chi connectivity index (χ3n) is 3.12. The molecule has 1 aromatic carbocycles. The van der Waals surface area contributed by atoms with Crippen molar-refractivity contribution in [2.45, 2.75) is 19.3 Å². The predicted molar refractivity (Wildman–Crippen MR) is 65.9 cm³/mol. The fourth-order valence-electron chi connectivity index (χ4n) is 2.12. The number of nitrogens with one attached hydrogen (secondary N) is 1. The van der Waals surface area contributed by atoms with Crippen molar-refractivity contribution in [1.82, 2.24) is 15.4 Å². The number of aromatic amines is 1. The van der Waals surface area contributed by atoms with Crippen LogP contribution in [0.4, 0.5) is 0 Å². The smallest absolute Gasteiger partial charge is 0.161 e. The SMILES string of the molecule is CC(Cc1cn[nH]n1)c1ccc2c(c1)OCCO2. The van der Waals surface area contributed by atoms with Gasteiger partial charge in [0.1, 0.15) is 13.2 Å². The van der Waals surface area contributed by atoms with Crippen LogP contribution < -0.4 is 9.47 Å². The van der Waals surface area contributed by atoms with E-state index in [4.69, 9.17) is 9.47 Å². The topological polar surface area (TPSA) is 60.0 Å². The van der Waals surface area contributed by atoms with Crippen LogP contribution in [-0.2, 0) is 6.42 Å². The first-order chi connectivity index (χ1) is 8.83. The first-order valence-corrected chi connectivity index (χ1v) is 6.07. The van der Waals surface area contributed by atoms with Gasteiger partial charge in [-0.25, -0.2) is 0 Å². The molecule has 0 saturated heterocycles. The van der Waals surface area contributed by atoms with Gasteiger partial charge in [-0.2, -0.15) is 15.4 Å². The van der Waals surface area contributed by atoms with Crippen molar-refractivity contribution < 1.29 is 9.47 Å². The third kappa shape index (κ3) is 2.16. The van der Waals surface area contributed by atoms with Gasteiger partial charge in [0.05, 0.1) is 11.9 Å². The first-order valence-electron chi connectivity index (χ1n) is 6.07. The number of fused-ring (bicyclic) bond motifs is 1. The number of hydrogen-bond donors (Lipinski definition) is 1. The number of benzene rings is 1. The second-order valence-corrected chi connectivity index (χ2v) is 4.47. The molecule has 0 bridgehead atoms. The molecule has 2 aromatic rings. The highest BCUT2D eigenvalue weighted by atomic mass is 16.6. The summed E-state index contributed by atoms with van der Waals surface area (Å²) in [5, 5.41) is 10.5. The van der Waals surface area contributed by atoms with Crippen LogP contribution in [0.15, 0.2) is 24.4 Å². The fourth-order valence-corrected chi connectivity index (χ4v) is 2.12. The average molecular weight is 245 g/mol. The minimum absolute atomic E-state index is 0.367. The maximum atomic E-state index is 5.59. The molecular weight excluding hydrogens is 230 g/mol. The Labute approximate surface area is 105 Å². The van der Waals surface area contributed by atoms with Gasteiger partial charge in [0.25, 0.3) is 0 Å². The molecule has 1 aliphatic heterocycles. The Bertz CT molecular complexity index is 525. The molecule has 5 nitrogen and oxygen atoms in total.